The van der Waals surface area contributed by atoms with Gasteiger partial charge in [0.05, 0.1) is 12.8 Å². The minimum atomic E-state index is -3.83. The third kappa shape index (κ3) is 7.55. The molecule has 9 heteroatoms. The van der Waals surface area contributed by atoms with Gasteiger partial charge in [0.2, 0.25) is 0 Å². The fraction of sp³-hybridized carbons (Fsp3) is 0.417. The van der Waals surface area contributed by atoms with Crippen LogP contribution in [0.2, 0.25) is 0 Å². The Labute approximate surface area is 121 Å². The molecule has 0 fully saturated rings. The van der Waals surface area contributed by atoms with Gasteiger partial charge in [-0.25, -0.2) is 5.09 Å². The van der Waals surface area contributed by atoms with Crippen molar-refractivity contribution in [3.05, 3.63) is 30.1 Å². The molecule has 0 saturated carbocycles. The van der Waals surface area contributed by atoms with Gasteiger partial charge in [-0.15, -0.1) is 0 Å². The van der Waals surface area contributed by atoms with Gasteiger partial charge in [-0.2, -0.15) is 0 Å². The maximum atomic E-state index is 12.0. The van der Waals surface area contributed by atoms with Gasteiger partial charge < -0.3 is 15.1 Å². The maximum Gasteiger partial charge on any atom is 0.304 e. The molecule has 1 heterocycles. The van der Waals surface area contributed by atoms with Crippen LogP contribution in [0.3, 0.4) is 0 Å². The normalized spacial score (nSPS) is 13.8. The Balaban J connectivity index is 2.60. The van der Waals surface area contributed by atoms with E-state index >= 15 is 0 Å². The zero-order chi connectivity index (χ0) is 15.9. The van der Waals surface area contributed by atoms with Crippen molar-refractivity contribution in [2.24, 2.45) is 0 Å². The molecular formula is C12H17N2O6P. The number of rotatable bonds is 9. The minimum Gasteiger partial charge on any atom is -0.481 e. The number of pyridine rings is 1. The van der Waals surface area contributed by atoms with Crippen LogP contribution in [-0.2, 0) is 20.6 Å². The number of aliphatic carboxylic acids is 2. The van der Waals surface area contributed by atoms with Crippen LogP contribution >= 0.6 is 7.52 Å². The molecule has 0 bridgehead atoms. The molecule has 1 atom stereocenters. The molecule has 8 nitrogen and oxygen atoms in total. The van der Waals surface area contributed by atoms with Gasteiger partial charge in [-0.05, 0) is 18.1 Å². The summed E-state index contributed by atoms with van der Waals surface area (Å²) < 4.78 is 12.0. The Morgan fingerprint density at radius 3 is 2.38 bits per heavy atom. The number of nitrogens with one attached hydrogen (secondary N) is 1. The van der Waals surface area contributed by atoms with Crippen molar-refractivity contribution in [2.45, 2.75) is 25.3 Å². The fourth-order valence-corrected chi connectivity index (χ4v) is 3.21. The van der Waals surface area contributed by atoms with Crippen LogP contribution in [0.1, 0.15) is 18.4 Å². The second-order valence-electron chi connectivity index (χ2n) is 4.56. The van der Waals surface area contributed by atoms with Gasteiger partial charge in [0.15, 0.2) is 0 Å². The van der Waals surface area contributed by atoms with E-state index in [4.69, 9.17) is 10.2 Å². The molecule has 0 aliphatic heterocycles. The maximum absolute atomic E-state index is 12.0. The van der Waals surface area contributed by atoms with Crippen molar-refractivity contribution in [1.82, 2.24) is 10.1 Å². The smallest absolute Gasteiger partial charge is 0.304 e. The van der Waals surface area contributed by atoms with Crippen LogP contribution in [0, 0.1) is 0 Å². The van der Waals surface area contributed by atoms with Crippen LogP contribution in [0.5, 0.6) is 0 Å². The molecule has 0 aliphatic rings. The van der Waals surface area contributed by atoms with E-state index in [0.29, 0.717) is 0 Å². The van der Waals surface area contributed by atoms with E-state index in [9.17, 15) is 19.0 Å². The summed E-state index contributed by atoms with van der Waals surface area (Å²) in [5.41, 5.74) is 0.765. The summed E-state index contributed by atoms with van der Waals surface area (Å²) in [7, 11) is -3.83. The average molecular weight is 316 g/mol. The number of carboxylic acid groups (broad SMARTS) is 2. The molecule has 0 aromatic carbocycles. The van der Waals surface area contributed by atoms with Crippen molar-refractivity contribution in [2.75, 3.05) is 6.16 Å². The minimum absolute atomic E-state index is 0.131. The molecule has 0 spiro atoms. The summed E-state index contributed by atoms with van der Waals surface area (Å²) >= 11 is 0. The molecular weight excluding hydrogens is 299 g/mol. The number of hydrogen-bond donors (Lipinski definition) is 4. The number of carboxylic acids is 2. The number of nitrogens with zero attached hydrogens (tertiary/aromatic N) is 1. The second-order valence-corrected chi connectivity index (χ2v) is 6.67. The zero-order valence-electron chi connectivity index (χ0n) is 11.2. The monoisotopic (exact) mass is 316 g/mol. The van der Waals surface area contributed by atoms with Gasteiger partial charge in [0.1, 0.15) is 0 Å². The third-order valence-electron chi connectivity index (χ3n) is 2.65. The lowest BCUT2D eigenvalue weighted by molar-refractivity contribution is -0.139. The van der Waals surface area contributed by atoms with Crippen LogP contribution in [-0.4, -0.2) is 44.2 Å². The number of aromatic nitrogens is 1. The lowest BCUT2D eigenvalue weighted by atomic mass is 10.1. The van der Waals surface area contributed by atoms with Gasteiger partial charge in [0, 0.05) is 24.6 Å². The Morgan fingerprint density at radius 2 is 1.90 bits per heavy atom. The zero-order valence-corrected chi connectivity index (χ0v) is 12.1. The Bertz CT molecular complexity index is 520. The molecule has 0 aliphatic carbocycles. The van der Waals surface area contributed by atoms with Gasteiger partial charge in [-0.1, -0.05) is 6.07 Å². The highest BCUT2D eigenvalue weighted by atomic mass is 31.2. The van der Waals surface area contributed by atoms with E-state index in [0.717, 1.165) is 5.56 Å². The predicted octanol–water partition coefficient (Wildman–Crippen LogP) is 0.717. The molecule has 116 valence electrons. The Morgan fingerprint density at radius 1 is 1.29 bits per heavy atom. The molecule has 1 aromatic heterocycles. The highest BCUT2D eigenvalue weighted by Gasteiger charge is 2.26. The van der Waals surface area contributed by atoms with Crippen LogP contribution in [0.25, 0.3) is 0 Å². The highest BCUT2D eigenvalue weighted by molar-refractivity contribution is 7.55. The molecule has 1 unspecified atom stereocenters. The van der Waals surface area contributed by atoms with Crippen molar-refractivity contribution in [3.8, 4) is 0 Å². The second kappa shape index (κ2) is 7.87. The molecule has 0 saturated heterocycles. The lowest BCUT2D eigenvalue weighted by Gasteiger charge is -2.19. The topological polar surface area (TPSA) is 137 Å². The average Bonchev–Trinajstić information content (AvgIpc) is 2.35. The Hall–Kier alpha value is -1.76. The number of aryl methyl sites for hydroxylation is 1. The Kier molecular flexibility index (Phi) is 6.48. The first-order chi connectivity index (χ1) is 9.78. The highest BCUT2D eigenvalue weighted by Crippen LogP contribution is 2.37. The van der Waals surface area contributed by atoms with Crippen LogP contribution < -0.4 is 5.09 Å². The van der Waals surface area contributed by atoms with Crippen molar-refractivity contribution >= 4 is 19.5 Å². The third-order valence-corrected chi connectivity index (χ3v) is 4.25. The fourth-order valence-electron chi connectivity index (χ4n) is 1.76. The van der Waals surface area contributed by atoms with Crippen molar-refractivity contribution in [3.63, 3.8) is 0 Å². The quantitative estimate of drug-likeness (QED) is 0.489. The summed E-state index contributed by atoms with van der Waals surface area (Å²) in [6, 6.07) is 2.35. The lowest BCUT2D eigenvalue weighted by Crippen LogP contribution is -2.32. The van der Waals surface area contributed by atoms with E-state index in [1.165, 1.54) is 0 Å². The first-order valence-corrected chi connectivity index (χ1v) is 8.05. The molecule has 1 rings (SSSR count). The number of carbonyl (C=O) groups is 2. The summed E-state index contributed by atoms with van der Waals surface area (Å²) in [4.78, 5) is 35.0. The van der Waals surface area contributed by atoms with Crippen LogP contribution in [0.4, 0.5) is 0 Å². The van der Waals surface area contributed by atoms with Crippen molar-refractivity contribution < 1.29 is 29.3 Å². The summed E-state index contributed by atoms with van der Waals surface area (Å²) in [6.07, 6.45) is 2.21. The van der Waals surface area contributed by atoms with Crippen LogP contribution in [0.15, 0.2) is 24.5 Å². The summed E-state index contributed by atoms with van der Waals surface area (Å²) in [6.45, 7) is 0. The van der Waals surface area contributed by atoms with Gasteiger partial charge >= 0.3 is 11.9 Å². The first-order valence-electron chi connectivity index (χ1n) is 6.20. The largest absolute Gasteiger partial charge is 0.481 e. The molecule has 0 amide bonds. The van der Waals surface area contributed by atoms with E-state index in [2.05, 4.69) is 10.1 Å². The van der Waals surface area contributed by atoms with Gasteiger partial charge in [-0.3, -0.25) is 19.1 Å². The molecule has 4 N–H and O–H groups in total. The van der Waals surface area contributed by atoms with Crippen molar-refractivity contribution in [1.29, 1.82) is 0 Å². The first kappa shape index (κ1) is 17.3. The van der Waals surface area contributed by atoms with Gasteiger partial charge in [0.25, 0.3) is 7.52 Å². The molecule has 0 radical (unpaired) electrons. The molecule has 21 heavy (non-hydrogen) atoms. The predicted molar refractivity (Wildman–Crippen MR) is 74.1 cm³/mol. The standard InChI is InChI=1S/C12H17N2O6P/c15-11(16)6-10(7-12(17)18)14-21(19,20)5-3-9-2-1-4-13-8-9/h1-2,4,8,10H,3,5-7H2,(H,15,16)(H,17,18)(H2,14,19,20). The molecule has 1 aromatic rings. The van der Waals surface area contributed by atoms with E-state index in [1.54, 1.807) is 24.5 Å². The SMILES string of the molecule is O=C(O)CC(CC(=O)O)NP(=O)(O)CCc1cccnc1. The summed E-state index contributed by atoms with van der Waals surface area (Å²) in [5, 5.41) is 19.6. The van der Waals surface area contributed by atoms with E-state index in [-0.39, 0.29) is 12.6 Å². The van der Waals surface area contributed by atoms with E-state index in [1.807, 2.05) is 0 Å². The summed E-state index contributed by atoms with van der Waals surface area (Å²) in [5.74, 6) is -2.47. The van der Waals surface area contributed by atoms with E-state index < -0.39 is 38.3 Å². The number of hydrogen-bond acceptors (Lipinski definition) is 4.